The van der Waals surface area contributed by atoms with E-state index in [0.717, 1.165) is 0 Å². The molecule has 3 atom stereocenters. The second-order valence-electron chi connectivity index (χ2n) is 2.25. The molecule has 0 heterocycles. The zero-order chi connectivity index (χ0) is 11.0. The Bertz CT molecular complexity index is 199. The second-order valence-corrected chi connectivity index (χ2v) is 2.25. The quantitative estimate of drug-likeness (QED) is 0.183. The molecule has 0 fully saturated rings. The van der Waals surface area contributed by atoms with Crippen molar-refractivity contribution in [2.24, 2.45) is 0 Å². The summed E-state index contributed by atoms with van der Waals surface area (Å²) >= 11 is 0. The predicted octanol–water partition coefficient (Wildman–Crippen LogP) is -4.31. The van der Waals surface area contributed by atoms with Crippen LogP contribution >= 0.6 is 0 Å². The van der Waals surface area contributed by atoms with E-state index in [1.165, 1.54) is 20.5 Å². The fraction of sp³-hybridized carbons (Fsp3) is 0.625. The summed E-state index contributed by atoms with van der Waals surface area (Å²) in [7, 11) is 2.46. The molecule has 16 heavy (non-hydrogen) atoms. The van der Waals surface area contributed by atoms with Crippen LogP contribution in [0.15, 0.2) is 0 Å². The van der Waals surface area contributed by atoms with Crippen LogP contribution in [0.1, 0.15) is 0 Å². The molecule has 0 saturated carbocycles. The van der Waals surface area contributed by atoms with E-state index < -0.39 is 18.5 Å². The predicted molar refractivity (Wildman–Crippen MR) is 46.2 cm³/mol. The average Bonchev–Trinajstić information content (AvgIpc) is 2.24. The van der Waals surface area contributed by atoms with E-state index in [4.69, 9.17) is 4.74 Å². The molecule has 0 spiro atoms. The molecular weight excluding hydrogens is 231 g/mol. The van der Waals surface area contributed by atoms with Gasteiger partial charge in [-0.25, -0.2) is 6.29 Å². The number of carbonyl (C=O) groups excluding carboxylic acids is 3. The summed E-state index contributed by atoms with van der Waals surface area (Å²) in [5, 5.41) is 0. The van der Waals surface area contributed by atoms with Crippen LogP contribution in [0.25, 0.3) is 0 Å². The van der Waals surface area contributed by atoms with Crippen LogP contribution in [0.5, 0.6) is 0 Å². The van der Waals surface area contributed by atoms with Crippen LogP contribution in [-0.4, -0.2) is 57.1 Å². The van der Waals surface area contributed by atoms with Crippen molar-refractivity contribution in [3.05, 3.63) is 0 Å². The normalized spacial score (nSPS) is 14.6. The number of methoxy groups -OCH3 is 2. The SMILES string of the molecule is COC(C=O)OC([C-]=O)C(C=O)OC.[Na+].[OH-]. The van der Waals surface area contributed by atoms with Gasteiger partial charge in [0.2, 0.25) is 6.29 Å². The van der Waals surface area contributed by atoms with Crippen molar-refractivity contribution >= 4 is 18.9 Å². The maximum absolute atomic E-state index is 10.4. The van der Waals surface area contributed by atoms with Crippen molar-refractivity contribution < 1.29 is 63.6 Å². The molecule has 0 aromatic carbocycles. The molecule has 0 aliphatic heterocycles. The van der Waals surface area contributed by atoms with Crippen LogP contribution in [0.3, 0.4) is 0 Å². The van der Waals surface area contributed by atoms with E-state index in [2.05, 4.69) is 9.47 Å². The summed E-state index contributed by atoms with van der Waals surface area (Å²) in [5.74, 6) is 0. The molecule has 3 unspecified atom stereocenters. The van der Waals surface area contributed by atoms with Crippen LogP contribution in [0.4, 0.5) is 0 Å². The third kappa shape index (κ3) is 7.18. The van der Waals surface area contributed by atoms with Gasteiger partial charge in [-0.3, -0.25) is 4.79 Å². The Hall–Kier alpha value is -0.150. The smallest absolute Gasteiger partial charge is 0.870 e. The Morgan fingerprint density at radius 1 is 1.12 bits per heavy atom. The number of aldehydes is 2. The van der Waals surface area contributed by atoms with Gasteiger partial charge in [-0.05, 0) is 6.10 Å². The molecule has 0 aromatic rings. The molecule has 88 valence electrons. The molecule has 8 heteroatoms. The van der Waals surface area contributed by atoms with Gasteiger partial charge in [0.15, 0.2) is 6.29 Å². The first kappa shape index (κ1) is 21.2. The molecule has 1 N–H and O–H groups in total. The van der Waals surface area contributed by atoms with Crippen molar-refractivity contribution in [2.45, 2.75) is 18.5 Å². The summed E-state index contributed by atoms with van der Waals surface area (Å²) < 4.78 is 13.9. The molecule has 0 aromatic heterocycles. The Morgan fingerprint density at radius 3 is 1.94 bits per heavy atom. The van der Waals surface area contributed by atoms with Crippen molar-refractivity contribution in [3.8, 4) is 0 Å². The van der Waals surface area contributed by atoms with Crippen LogP contribution < -0.4 is 29.6 Å². The van der Waals surface area contributed by atoms with Gasteiger partial charge in [-0.15, -0.1) is 0 Å². The van der Waals surface area contributed by atoms with Crippen molar-refractivity contribution in [1.29, 1.82) is 0 Å². The second kappa shape index (κ2) is 12.9. The van der Waals surface area contributed by atoms with Crippen LogP contribution in [-0.2, 0) is 28.6 Å². The van der Waals surface area contributed by atoms with Gasteiger partial charge in [-0.1, -0.05) is 0 Å². The molecule has 0 saturated heterocycles. The van der Waals surface area contributed by atoms with E-state index in [0.29, 0.717) is 12.6 Å². The van der Waals surface area contributed by atoms with Gasteiger partial charge in [0.25, 0.3) is 0 Å². The van der Waals surface area contributed by atoms with Crippen molar-refractivity contribution in [1.82, 2.24) is 0 Å². The summed E-state index contributed by atoms with van der Waals surface area (Å²) in [6.07, 6.45) is -1.41. The number of hydrogen-bond acceptors (Lipinski definition) is 7. The monoisotopic (exact) mass is 243 g/mol. The maximum Gasteiger partial charge on any atom is 1.00 e. The average molecular weight is 243 g/mol. The minimum atomic E-state index is -1.27. The zero-order valence-electron chi connectivity index (χ0n) is 9.28. The third-order valence-electron chi connectivity index (χ3n) is 1.44. The summed E-state index contributed by atoms with van der Waals surface area (Å²) in [6, 6.07) is 0. The molecule has 7 nitrogen and oxygen atoms in total. The first-order valence-corrected chi connectivity index (χ1v) is 3.72. The van der Waals surface area contributed by atoms with Crippen LogP contribution in [0.2, 0.25) is 0 Å². The number of rotatable bonds is 8. The minimum Gasteiger partial charge on any atom is -0.870 e. The standard InChI is InChI=1S/C8H11O6.Na.H2O/c1-12-6(3-9)7(4-10)14-8(5-11)13-2;;/h3,5-8H,1-2H3;;1H2/q-1;+1;/p-1. The minimum absolute atomic E-state index is 0. The molecular formula is C8H12NaO7-. The van der Waals surface area contributed by atoms with E-state index in [9.17, 15) is 14.4 Å². The fourth-order valence-corrected chi connectivity index (χ4v) is 0.710. The van der Waals surface area contributed by atoms with E-state index >= 15 is 0 Å². The fourth-order valence-electron chi connectivity index (χ4n) is 0.710. The summed E-state index contributed by atoms with van der Waals surface area (Å²) in [4.78, 5) is 31.0. The molecule has 0 rings (SSSR count). The van der Waals surface area contributed by atoms with E-state index in [1.807, 2.05) is 0 Å². The maximum atomic E-state index is 10.4. The van der Waals surface area contributed by atoms with Crippen molar-refractivity contribution in [2.75, 3.05) is 14.2 Å². The number of hydrogen-bond donors (Lipinski definition) is 0. The zero-order valence-corrected chi connectivity index (χ0v) is 11.3. The molecule has 0 bridgehead atoms. The van der Waals surface area contributed by atoms with Gasteiger partial charge >= 0.3 is 29.6 Å². The number of ether oxygens (including phenoxy) is 3. The first-order valence-electron chi connectivity index (χ1n) is 3.72. The Balaban J connectivity index is -0.000000845. The van der Waals surface area contributed by atoms with Gasteiger partial charge in [0.05, 0.1) is 0 Å². The largest absolute Gasteiger partial charge is 1.00 e. The van der Waals surface area contributed by atoms with E-state index in [1.54, 1.807) is 0 Å². The Labute approximate surface area is 115 Å². The summed E-state index contributed by atoms with van der Waals surface area (Å²) in [5.41, 5.74) is 0. The van der Waals surface area contributed by atoms with Gasteiger partial charge < -0.3 is 29.3 Å². The third-order valence-corrected chi connectivity index (χ3v) is 1.44. The van der Waals surface area contributed by atoms with Gasteiger partial charge in [-0.2, -0.15) is 0 Å². The molecule has 0 aliphatic carbocycles. The van der Waals surface area contributed by atoms with Crippen molar-refractivity contribution in [3.63, 3.8) is 0 Å². The van der Waals surface area contributed by atoms with Gasteiger partial charge in [0, 0.05) is 14.2 Å². The Kier molecular flexibility index (Phi) is 17.1. The molecule has 0 aliphatic rings. The molecule has 0 amide bonds. The van der Waals surface area contributed by atoms with Crippen LogP contribution in [0, 0.1) is 0 Å². The van der Waals surface area contributed by atoms with Gasteiger partial charge in [0.1, 0.15) is 12.4 Å². The topological polar surface area (TPSA) is 109 Å². The summed E-state index contributed by atoms with van der Waals surface area (Å²) in [6.45, 7) is 0. The molecule has 0 radical (unpaired) electrons. The Morgan fingerprint density at radius 2 is 1.69 bits per heavy atom. The van der Waals surface area contributed by atoms with E-state index in [-0.39, 0.29) is 35.0 Å². The number of carbonyl (C=O) groups is 2. The first-order chi connectivity index (χ1) is 6.73.